The molecule has 8 nitrogen and oxygen atoms in total. The zero-order valence-electron chi connectivity index (χ0n) is 12.3. The van der Waals surface area contributed by atoms with Gasteiger partial charge < -0.3 is 15.5 Å². The number of carbonyl (C=O) groups excluding carboxylic acids is 1. The van der Waals surface area contributed by atoms with Gasteiger partial charge in [-0.1, -0.05) is 4.68 Å². The Kier molecular flexibility index (Phi) is 6.62. The van der Waals surface area contributed by atoms with Crippen molar-refractivity contribution in [1.29, 1.82) is 0 Å². The molecule has 0 atom stereocenters. The number of aromatic nitrogens is 2. The summed E-state index contributed by atoms with van der Waals surface area (Å²) < 4.78 is 33.2. The molecule has 0 radical (unpaired) electrons. The van der Waals surface area contributed by atoms with Gasteiger partial charge in [-0.25, -0.2) is 4.79 Å². The van der Waals surface area contributed by atoms with E-state index in [1.54, 1.807) is 12.3 Å². The molecule has 24 heavy (non-hydrogen) atoms. The molecule has 1 amide bonds. The van der Waals surface area contributed by atoms with E-state index < -0.39 is 18.1 Å². The molecule has 2 rings (SSSR count). The van der Waals surface area contributed by atoms with Crippen LogP contribution in [0.4, 0.5) is 13.2 Å². The quantitative estimate of drug-likeness (QED) is 0.660. The minimum absolute atomic E-state index is 0.0191. The molecule has 0 saturated heterocycles. The Morgan fingerprint density at radius 2 is 1.88 bits per heavy atom. The number of carboxylic acids is 2. The van der Waals surface area contributed by atoms with E-state index in [9.17, 15) is 22.8 Å². The fourth-order valence-electron chi connectivity index (χ4n) is 1.36. The number of hydrogen-bond acceptors (Lipinski definition) is 4. The third-order valence-electron chi connectivity index (χ3n) is 2.74. The predicted molar refractivity (Wildman–Crippen MR) is 70.9 cm³/mol. The second-order valence-corrected chi connectivity index (χ2v) is 4.87. The maximum atomic E-state index is 11.6. The molecule has 1 heterocycles. The molecule has 0 unspecified atom stereocenters. The summed E-state index contributed by atoms with van der Waals surface area (Å²) >= 11 is 0. The molecule has 1 aromatic rings. The number of aliphatic carboxylic acids is 2. The van der Waals surface area contributed by atoms with Gasteiger partial charge in [0.05, 0.1) is 5.56 Å². The summed E-state index contributed by atoms with van der Waals surface area (Å²) in [5, 5.41) is 22.5. The first-order valence-electron chi connectivity index (χ1n) is 6.78. The summed E-state index contributed by atoms with van der Waals surface area (Å²) in [6.45, 7) is 0.305. The van der Waals surface area contributed by atoms with E-state index in [4.69, 9.17) is 15.0 Å². The van der Waals surface area contributed by atoms with Crippen molar-refractivity contribution in [3.63, 3.8) is 0 Å². The van der Waals surface area contributed by atoms with Crippen molar-refractivity contribution < 1.29 is 42.4 Å². The van der Waals surface area contributed by atoms with Crippen molar-refractivity contribution in [3.8, 4) is 0 Å². The number of nitrogens with one attached hydrogen (secondary N) is 1. The summed E-state index contributed by atoms with van der Waals surface area (Å²) in [6, 6.07) is 1.97. The van der Waals surface area contributed by atoms with Crippen LogP contribution < -0.4 is 10.00 Å². The number of alkyl halides is 3. The highest BCUT2D eigenvalue weighted by atomic mass is 19.4. The third kappa shape index (κ3) is 7.51. The molecule has 1 aliphatic carbocycles. The highest BCUT2D eigenvalue weighted by molar-refractivity contribution is 5.94. The Balaban J connectivity index is 0.000000351. The van der Waals surface area contributed by atoms with Gasteiger partial charge in [-0.3, -0.25) is 9.59 Å². The molecule has 11 heteroatoms. The second-order valence-electron chi connectivity index (χ2n) is 4.87. The summed E-state index contributed by atoms with van der Waals surface area (Å²) in [5.41, 5.74) is 0.503. The molecule has 0 aromatic carbocycles. The van der Waals surface area contributed by atoms with Gasteiger partial charge in [0, 0.05) is 12.1 Å². The van der Waals surface area contributed by atoms with Crippen LogP contribution in [0.2, 0.25) is 0 Å². The minimum atomic E-state index is -5.08. The second kappa shape index (κ2) is 8.22. The fourth-order valence-corrected chi connectivity index (χ4v) is 1.36. The van der Waals surface area contributed by atoms with Crippen LogP contribution in [0.5, 0.6) is 0 Å². The zero-order chi connectivity index (χ0) is 18.3. The number of nitrogens with zero attached hydrogens (tertiary/aromatic N) is 2. The molecule has 3 N–H and O–H groups in total. The first-order chi connectivity index (χ1) is 11.1. The zero-order valence-corrected chi connectivity index (χ0v) is 12.3. The normalized spacial score (nSPS) is 13.5. The number of halogens is 3. The van der Waals surface area contributed by atoms with Gasteiger partial charge in [0.1, 0.15) is 12.6 Å². The average Bonchev–Trinajstić information content (AvgIpc) is 3.29. The van der Waals surface area contributed by atoms with Gasteiger partial charge >= 0.3 is 18.1 Å². The standard InChI is InChI=1S/C11H13N3O3.C2HF3O2/c15-10(16)4-6-14-5-3-8(7-12-14)11(17)13-9-1-2-9;3-2(4,5)1(6)7/h3,5,7,9H,1-2,4,6H2,(H-,13,15,16,17);(H,6,7)/p+1. The highest BCUT2D eigenvalue weighted by Gasteiger charge is 2.38. The average molecular weight is 350 g/mol. The van der Waals surface area contributed by atoms with Crippen molar-refractivity contribution in [2.24, 2.45) is 0 Å². The van der Waals surface area contributed by atoms with E-state index in [1.165, 1.54) is 10.9 Å². The summed E-state index contributed by atoms with van der Waals surface area (Å²) in [4.78, 5) is 30.9. The molecule has 0 spiro atoms. The van der Waals surface area contributed by atoms with E-state index in [-0.39, 0.29) is 12.3 Å². The summed E-state index contributed by atoms with van der Waals surface area (Å²) in [7, 11) is 0. The molecule has 0 aliphatic heterocycles. The number of hydrogen-bond donors (Lipinski definition) is 3. The number of amides is 1. The van der Waals surface area contributed by atoms with Crippen LogP contribution in [0.3, 0.4) is 0 Å². The van der Waals surface area contributed by atoms with Gasteiger partial charge in [-0.15, -0.1) is 0 Å². The minimum Gasteiger partial charge on any atom is -0.481 e. The van der Waals surface area contributed by atoms with Crippen LogP contribution in [-0.4, -0.2) is 45.4 Å². The van der Waals surface area contributed by atoms with Crippen molar-refractivity contribution in [2.45, 2.75) is 38.0 Å². The summed E-state index contributed by atoms with van der Waals surface area (Å²) in [6.07, 6.45) is 0.102. The van der Waals surface area contributed by atoms with Crippen molar-refractivity contribution >= 4 is 17.8 Å². The van der Waals surface area contributed by atoms with Crippen LogP contribution in [0, 0.1) is 0 Å². The fraction of sp³-hybridized carbons (Fsp3) is 0.462. The lowest BCUT2D eigenvalue weighted by Crippen LogP contribution is -2.39. The lowest BCUT2D eigenvalue weighted by atomic mass is 10.3. The van der Waals surface area contributed by atoms with Crippen LogP contribution in [0.1, 0.15) is 29.6 Å². The Morgan fingerprint density at radius 1 is 1.29 bits per heavy atom. The summed E-state index contributed by atoms with van der Waals surface area (Å²) in [5.74, 6) is -3.74. The predicted octanol–water partition coefficient (Wildman–Crippen LogP) is 0.369. The lowest BCUT2D eigenvalue weighted by Gasteiger charge is -2.00. The van der Waals surface area contributed by atoms with E-state index in [2.05, 4.69) is 10.4 Å². The van der Waals surface area contributed by atoms with E-state index in [0.717, 1.165) is 12.8 Å². The number of rotatable bonds is 5. The number of carboxylic acid groups (broad SMARTS) is 2. The van der Waals surface area contributed by atoms with E-state index >= 15 is 0 Å². The first kappa shape index (κ1) is 19.3. The lowest BCUT2D eigenvalue weighted by molar-refractivity contribution is -0.753. The Hall–Kier alpha value is -2.72. The Bertz CT molecular complexity index is 600. The van der Waals surface area contributed by atoms with Gasteiger partial charge in [-0.05, 0) is 17.9 Å². The number of carbonyl (C=O) groups is 3. The monoisotopic (exact) mass is 350 g/mol. The van der Waals surface area contributed by atoms with Crippen LogP contribution in [-0.2, 0) is 16.1 Å². The van der Waals surface area contributed by atoms with Crippen LogP contribution >= 0.6 is 0 Å². The van der Waals surface area contributed by atoms with Crippen molar-refractivity contribution in [2.75, 3.05) is 0 Å². The van der Waals surface area contributed by atoms with Gasteiger partial charge in [-0.2, -0.15) is 13.2 Å². The van der Waals surface area contributed by atoms with E-state index in [0.29, 0.717) is 18.2 Å². The SMILES string of the molecule is O=C(O)C(F)(F)F.O=C(O)CC[n+]1ccc(C(=O)NC2CC2)cn1. The molecule has 1 fully saturated rings. The number of aryl methyl sites for hydroxylation is 1. The molecule has 1 aliphatic rings. The van der Waals surface area contributed by atoms with E-state index in [1.807, 2.05) is 0 Å². The Morgan fingerprint density at radius 3 is 2.25 bits per heavy atom. The molecule has 1 saturated carbocycles. The maximum absolute atomic E-state index is 11.6. The topological polar surface area (TPSA) is 120 Å². The molecular weight excluding hydrogens is 335 g/mol. The largest absolute Gasteiger partial charge is 0.490 e. The molecular formula is C13H15F3N3O5+. The maximum Gasteiger partial charge on any atom is 0.490 e. The van der Waals surface area contributed by atoms with Crippen LogP contribution in [0.15, 0.2) is 18.5 Å². The van der Waals surface area contributed by atoms with Gasteiger partial charge in [0.25, 0.3) is 5.91 Å². The Labute approximate surface area is 133 Å². The third-order valence-corrected chi connectivity index (χ3v) is 2.74. The highest BCUT2D eigenvalue weighted by Crippen LogP contribution is 2.19. The van der Waals surface area contributed by atoms with Crippen molar-refractivity contribution in [3.05, 3.63) is 24.0 Å². The van der Waals surface area contributed by atoms with Gasteiger partial charge in [0.2, 0.25) is 0 Å². The molecule has 1 aromatic heterocycles. The smallest absolute Gasteiger partial charge is 0.481 e. The molecule has 132 valence electrons. The van der Waals surface area contributed by atoms with Crippen LogP contribution in [0.25, 0.3) is 0 Å². The first-order valence-corrected chi connectivity index (χ1v) is 6.78. The van der Waals surface area contributed by atoms with Gasteiger partial charge in [0.15, 0.2) is 12.7 Å². The molecule has 0 bridgehead atoms. The van der Waals surface area contributed by atoms with Crippen molar-refractivity contribution in [1.82, 2.24) is 10.4 Å².